The Kier molecular flexibility index (Phi) is 4.95. The van der Waals surface area contributed by atoms with Gasteiger partial charge in [0.25, 0.3) is 0 Å². The van der Waals surface area contributed by atoms with Crippen LogP contribution in [0.2, 0.25) is 5.28 Å². The third kappa shape index (κ3) is 3.96. The molecule has 0 saturated carbocycles. The van der Waals surface area contributed by atoms with Crippen LogP contribution in [-0.2, 0) is 4.74 Å². The zero-order valence-corrected chi connectivity index (χ0v) is 11.1. The summed E-state index contributed by atoms with van der Waals surface area (Å²) >= 11 is 5.79. The molecule has 0 aliphatic carbocycles. The maximum absolute atomic E-state index is 5.79. The standard InChI is InChI=1S/C11H17ClN4O2/c1-2-18-11-15-9(12)14-10(16-11)13-5-3-8-4-6-17-7-8/h8H,2-7H2,1H3,(H,13,14,15,16). The highest BCUT2D eigenvalue weighted by Crippen LogP contribution is 2.16. The van der Waals surface area contributed by atoms with Gasteiger partial charge in [-0.25, -0.2) is 0 Å². The summed E-state index contributed by atoms with van der Waals surface area (Å²) in [6.07, 6.45) is 2.16. The molecule has 1 N–H and O–H groups in total. The van der Waals surface area contributed by atoms with Crippen molar-refractivity contribution in [2.24, 2.45) is 5.92 Å². The highest BCUT2D eigenvalue weighted by molar-refractivity contribution is 6.28. The molecular formula is C11H17ClN4O2. The lowest BCUT2D eigenvalue weighted by Gasteiger charge is -2.09. The van der Waals surface area contributed by atoms with E-state index in [1.165, 1.54) is 0 Å². The number of halogens is 1. The van der Waals surface area contributed by atoms with Crippen LogP contribution in [0.4, 0.5) is 5.95 Å². The van der Waals surface area contributed by atoms with Gasteiger partial charge in [0.05, 0.1) is 6.61 Å². The summed E-state index contributed by atoms with van der Waals surface area (Å²) < 4.78 is 10.5. The number of hydrogen-bond acceptors (Lipinski definition) is 6. The first-order valence-electron chi connectivity index (χ1n) is 6.14. The third-order valence-electron chi connectivity index (χ3n) is 2.72. The molecule has 100 valence electrons. The maximum atomic E-state index is 5.79. The van der Waals surface area contributed by atoms with Crippen molar-refractivity contribution in [1.82, 2.24) is 15.0 Å². The first kappa shape index (κ1) is 13.3. The van der Waals surface area contributed by atoms with Gasteiger partial charge < -0.3 is 14.8 Å². The normalized spacial score (nSPS) is 18.9. The van der Waals surface area contributed by atoms with Crippen LogP contribution in [0.25, 0.3) is 0 Å². The van der Waals surface area contributed by atoms with Crippen LogP contribution in [-0.4, -0.2) is 41.3 Å². The highest BCUT2D eigenvalue weighted by atomic mass is 35.5. The van der Waals surface area contributed by atoms with E-state index >= 15 is 0 Å². The van der Waals surface area contributed by atoms with Crippen LogP contribution < -0.4 is 10.1 Å². The number of ether oxygens (including phenoxy) is 2. The molecule has 1 atom stereocenters. The summed E-state index contributed by atoms with van der Waals surface area (Å²) in [5.74, 6) is 1.08. The molecule has 1 aliphatic rings. The fourth-order valence-corrected chi connectivity index (χ4v) is 1.96. The van der Waals surface area contributed by atoms with E-state index in [4.69, 9.17) is 21.1 Å². The minimum atomic E-state index is 0.139. The van der Waals surface area contributed by atoms with E-state index in [2.05, 4.69) is 20.3 Å². The molecule has 0 spiro atoms. The monoisotopic (exact) mass is 272 g/mol. The average molecular weight is 273 g/mol. The van der Waals surface area contributed by atoms with Gasteiger partial charge in [-0.3, -0.25) is 0 Å². The van der Waals surface area contributed by atoms with Crippen LogP contribution in [0.5, 0.6) is 6.01 Å². The van der Waals surface area contributed by atoms with Crippen LogP contribution in [0.3, 0.4) is 0 Å². The second-order valence-corrected chi connectivity index (χ2v) is 4.43. The average Bonchev–Trinajstić information content (AvgIpc) is 2.82. The van der Waals surface area contributed by atoms with Gasteiger partial charge in [-0.05, 0) is 37.3 Å². The Morgan fingerprint density at radius 3 is 3.06 bits per heavy atom. The van der Waals surface area contributed by atoms with Gasteiger partial charge in [0.2, 0.25) is 11.2 Å². The van der Waals surface area contributed by atoms with Crippen molar-refractivity contribution in [1.29, 1.82) is 0 Å². The summed E-state index contributed by atoms with van der Waals surface area (Å²) in [4.78, 5) is 12.0. The van der Waals surface area contributed by atoms with E-state index < -0.39 is 0 Å². The molecule has 18 heavy (non-hydrogen) atoms. The minimum Gasteiger partial charge on any atom is -0.464 e. The van der Waals surface area contributed by atoms with Crippen molar-refractivity contribution in [3.05, 3.63) is 5.28 Å². The molecule has 0 radical (unpaired) electrons. The van der Waals surface area contributed by atoms with Gasteiger partial charge in [0, 0.05) is 19.8 Å². The molecule has 2 rings (SSSR count). The summed E-state index contributed by atoms with van der Waals surface area (Å²) in [6.45, 7) is 4.88. The molecule has 0 bridgehead atoms. The van der Waals surface area contributed by atoms with Gasteiger partial charge in [-0.1, -0.05) is 0 Å². The molecule has 1 fully saturated rings. The van der Waals surface area contributed by atoms with Crippen LogP contribution in [0.15, 0.2) is 0 Å². The first-order chi connectivity index (χ1) is 8.78. The molecule has 7 heteroatoms. The molecular weight excluding hydrogens is 256 g/mol. The Bertz CT molecular complexity index is 385. The lowest BCUT2D eigenvalue weighted by atomic mass is 10.1. The smallest absolute Gasteiger partial charge is 0.322 e. The lowest BCUT2D eigenvalue weighted by Crippen LogP contribution is -2.12. The van der Waals surface area contributed by atoms with Crippen molar-refractivity contribution < 1.29 is 9.47 Å². The van der Waals surface area contributed by atoms with Crippen molar-refractivity contribution >= 4 is 17.5 Å². The van der Waals surface area contributed by atoms with E-state index in [9.17, 15) is 0 Å². The third-order valence-corrected chi connectivity index (χ3v) is 2.89. The van der Waals surface area contributed by atoms with Crippen LogP contribution in [0, 0.1) is 5.92 Å². The number of hydrogen-bond donors (Lipinski definition) is 1. The fraction of sp³-hybridized carbons (Fsp3) is 0.727. The van der Waals surface area contributed by atoms with Crippen LogP contribution >= 0.6 is 11.6 Å². The van der Waals surface area contributed by atoms with Crippen molar-refractivity contribution in [2.75, 3.05) is 31.7 Å². The second kappa shape index (κ2) is 6.70. The molecule has 2 heterocycles. The number of nitrogens with one attached hydrogen (secondary N) is 1. The maximum Gasteiger partial charge on any atom is 0.322 e. The van der Waals surface area contributed by atoms with E-state index in [1.807, 2.05) is 6.92 Å². The Balaban J connectivity index is 1.83. The highest BCUT2D eigenvalue weighted by Gasteiger charge is 2.15. The summed E-state index contributed by atoms with van der Waals surface area (Å²) in [6, 6.07) is 0.254. The minimum absolute atomic E-state index is 0.139. The molecule has 1 unspecified atom stereocenters. The Morgan fingerprint density at radius 2 is 2.33 bits per heavy atom. The Morgan fingerprint density at radius 1 is 1.44 bits per heavy atom. The van der Waals surface area contributed by atoms with E-state index in [-0.39, 0.29) is 11.3 Å². The molecule has 6 nitrogen and oxygen atoms in total. The molecule has 1 aromatic rings. The number of rotatable bonds is 6. The van der Waals surface area contributed by atoms with Crippen molar-refractivity contribution in [2.45, 2.75) is 19.8 Å². The number of nitrogens with zero attached hydrogens (tertiary/aromatic N) is 3. The second-order valence-electron chi connectivity index (χ2n) is 4.09. The summed E-state index contributed by atoms with van der Waals surface area (Å²) in [5, 5.41) is 3.27. The molecule has 0 aromatic carbocycles. The largest absolute Gasteiger partial charge is 0.464 e. The summed E-state index contributed by atoms with van der Waals surface area (Å²) in [5.41, 5.74) is 0. The SMILES string of the molecule is CCOc1nc(Cl)nc(NCCC2CCOC2)n1. The molecule has 1 saturated heterocycles. The van der Waals surface area contributed by atoms with Gasteiger partial charge in [0.1, 0.15) is 0 Å². The topological polar surface area (TPSA) is 69.2 Å². The van der Waals surface area contributed by atoms with Crippen molar-refractivity contribution in [3.8, 4) is 6.01 Å². The van der Waals surface area contributed by atoms with Crippen LogP contribution in [0.1, 0.15) is 19.8 Å². The van der Waals surface area contributed by atoms with Crippen molar-refractivity contribution in [3.63, 3.8) is 0 Å². The predicted molar refractivity (Wildman–Crippen MR) is 68.0 cm³/mol. The Labute approximate surface area is 111 Å². The fourth-order valence-electron chi connectivity index (χ4n) is 1.80. The van der Waals surface area contributed by atoms with Gasteiger partial charge in [0.15, 0.2) is 0 Å². The Hall–Kier alpha value is -1.14. The number of aromatic nitrogens is 3. The zero-order chi connectivity index (χ0) is 12.8. The molecule has 1 aliphatic heterocycles. The quantitative estimate of drug-likeness (QED) is 0.851. The lowest BCUT2D eigenvalue weighted by molar-refractivity contribution is 0.185. The molecule has 0 amide bonds. The van der Waals surface area contributed by atoms with Gasteiger partial charge >= 0.3 is 6.01 Å². The van der Waals surface area contributed by atoms with E-state index in [1.54, 1.807) is 0 Å². The molecule has 1 aromatic heterocycles. The van der Waals surface area contributed by atoms with Gasteiger partial charge in [-0.2, -0.15) is 15.0 Å². The number of anilines is 1. The van der Waals surface area contributed by atoms with Gasteiger partial charge in [-0.15, -0.1) is 0 Å². The predicted octanol–water partition coefficient (Wildman–Crippen LogP) is 1.76. The first-order valence-corrected chi connectivity index (χ1v) is 6.51. The summed E-state index contributed by atoms with van der Waals surface area (Å²) in [7, 11) is 0. The zero-order valence-electron chi connectivity index (χ0n) is 10.4. The van der Waals surface area contributed by atoms with E-state index in [0.717, 1.165) is 32.6 Å². The van der Waals surface area contributed by atoms with E-state index in [0.29, 0.717) is 18.5 Å².